The Morgan fingerprint density at radius 3 is 3.09 bits per heavy atom. The molecule has 2 heterocycles. The van der Waals surface area contributed by atoms with Crippen LogP contribution >= 0.6 is 0 Å². The summed E-state index contributed by atoms with van der Waals surface area (Å²) in [6.07, 6.45) is 5.65. The number of rotatable bonds is 6. The van der Waals surface area contributed by atoms with Gasteiger partial charge >= 0.3 is 0 Å². The van der Waals surface area contributed by atoms with Gasteiger partial charge in [-0.05, 0) is 12.5 Å². The van der Waals surface area contributed by atoms with Crippen molar-refractivity contribution in [3.8, 4) is 0 Å². The predicted molar refractivity (Wildman–Crippen MR) is 84.2 cm³/mol. The fourth-order valence-electron chi connectivity index (χ4n) is 1.84. The first-order valence-corrected chi connectivity index (χ1v) is 6.94. The second-order valence-corrected chi connectivity index (χ2v) is 4.65. The van der Waals surface area contributed by atoms with Crippen LogP contribution in [0.2, 0.25) is 0 Å². The molecule has 0 bridgehead atoms. The Hall–Kier alpha value is -2.57. The molecule has 2 N–H and O–H groups in total. The summed E-state index contributed by atoms with van der Waals surface area (Å²) in [6.45, 7) is 5.85. The topological polar surface area (TPSA) is 65.4 Å². The number of halogens is 2. The van der Waals surface area contributed by atoms with Gasteiger partial charge < -0.3 is 10.4 Å². The van der Waals surface area contributed by atoms with Crippen LogP contribution in [0.4, 0.5) is 8.78 Å². The number of aliphatic imine (C=N–C) groups is 1. The van der Waals surface area contributed by atoms with Crippen molar-refractivity contribution in [1.29, 1.82) is 0 Å². The first-order chi connectivity index (χ1) is 10.6. The van der Waals surface area contributed by atoms with Crippen LogP contribution < -0.4 is 5.43 Å². The van der Waals surface area contributed by atoms with Crippen molar-refractivity contribution >= 4 is 23.1 Å². The minimum Gasteiger partial charge on any atom is -0.345 e. The molecule has 0 radical (unpaired) electrons. The molecule has 0 aliphatic heterocycles. The summed E-state index contributed by atoms with van der Waals surface area (Å²) in [4.78, 5) is 10.8. The highest BCUT2D eigenvalue weighted by Gasteiger charge is 2.11. The normalized spacial score (nSPS) is 12.2. The highest BCUT2D eigenvalue weighted by molar-refractivity contribution is 6.12. The molecule has 0 saturated carbocycles. The zero-order valence-electron chi connectivity index (χ0n) is 12.2. The quantitative estimate of drug-likeness (QED) is 0.372. The van der Waals surface area contributed by atoms with E-state index in [9.17, 15) is 8.78 Å². The van der Waals surface area contributed by atoms with E-state index >= 15 is 0 Å². The second kappa shape index (κ2) is 7.44. The second-order valence-electron chi connectivity index (χ2n) is 4.65. The van der Waals surface area contributed by atoms with Crippen molar-refractivity contribution in [1.82, 2.24) is 15.4 Å². The Labute approximate surface area is 126 Å². The molecule has 2 aromatic rings. The van der Waals surface area contributed by atoms with Gasteiger partial charge in [0, 0.05) is 23.7 Å². The number of nitrogens with one attached hydrogen (secondary N) is 2. The zero-order chi connectivity index (χ0) is 15.9. The monoisotopic (exact) mass is 305 g/mol. The Bertz CT molecular complexity index is 718. The Morgan fingerprint density at radius 1 is 1.55 bits per heavy atom. The average Bonchev–Trinajstić information content (AvgIpc) is 2.89. The fourth-order valence-corrected chi connectivity index (χ4v) is 1.84. The SMILES string of the molecule is C=C(F)/C=N\C(=N/NCCCC)c1c[nH]c2ncc(F)cc12. The number of allylic oxidation sites excluding steroid dienone is 1. The van der Waals surface area contributed by atoms with Gasteiger partial charge in [-0.3, -0.25) is 0 Å². The van der Waals surface area contributed by atoms with E-state index in [0.717, 1.165) is 25.3 Å². The lowest BCUT2D eigenvalue weighted by Gasteiger charge is -2.02. The molecule has 0 aliphatic carbocycles. The third-order valence-electron chi connectivity index (χ3n) is 2.89. The van der Waals surface area contributed by atoms with Crippen molar-refractivity contribution in [2.75, 3.05) is 6.54 Å². The van der Waals surface area contributed by atoms with Gasteiger partial charge in [-0.1, -0.05) is 19.9 Å². The zero-order valence-corrected chi connectivity index (χ0v) is 12.2. The van der Waals surface area contributed by atoms with Crippen LogP contribution in [0.5, 0.6) is 0 Å². The standard InChI is InChI=1S/C15H17F2N5/c1-3-4-5-21-22-15(18-7-10(2)16)13-9-20-14-12(13)6-11(17)8-19-14/h6-9,21H,2-5H2,1H3,(H,19,20)/b18-7-,22-15-. The van der Waals surface area contributed by atoms with E-state index in [1.54, 1.807) is 6.20 Å². The lowest BCUT2D eigenvalue weighted by atomic mass is 10.2. The number of H-pyrrole nitrogens is 1. The molecule has 116 valence electrons. The van der Waals surface area contributed by atoms with Crippen LogP contribution in [0.15, 0.2) is 41.0 Å². The maximum atomic E-state index is 13.4. The Balaban J connectivity index is 2.37. The van der Waals surface area contributed by atoms with Gasteiger partial charge in [0.05, 0.1) is 12.4 Å². The molecular weight excluding hydrogens is 288 g/mol. The number of hydrogen-bond donors (Lipinski definition) is 2. The summed E-state index contributed by atoms with van der Waals surface area (Å²) >= 11 is 0. The van der Waals surface area contributed by atoms with E-state index in [-0.39, 0.29) is 5.84 Å². The van der Waals surface area contributed by atoms with E-state index in [1.807, 2.05) is 0 Å². The lowest BCUT2D eigenvalue weighted by Crippen LogP contribution is -2.11. The van der Waals surface area contributed by atoms with Crippen LogP contribution in [0.1, 0.15) is 25.3 Å². The van der Waals surface area contributed by atoms with Gasteiger partial charge in [-0.2, -0.15) is 5.10 Å². The predicted octanol–water partition coefficient (Wildman–Crippen LogP) is 3.31. The average molecular weight is 305 g/mol. The molecule has 0 saturated heterocycles. The summed E-state index contributed by atoms with van der Waals surface area (Å²) < 4.78 is 26.2. The molecule has 0 spiro atoms. The summed E-state index contributed by atoms with van der Waals surface area (Å²) in [5.41, 5.74) is 3.91. The number of hydrogen-bond acceptors (Lipinski definition) is 3. The number of fused-ring (bicyclic) bond motifs is 1. The lowest BCUT2D eigenvalue weighted by molar-refractivity contribution is 0.624. The largest absolute Gasteiger partial charge is 0.345 e. The molecule has 0 fully saturated rings. The molecule has 2 rings (SSSR count). The maximum Gasteiger partial charge on any atom is 0.181 e. The third-order valence-corrected chi connectivity index (χ3v) is 2.89. The Morgan fingerprint density at radius 2 is 2.36 bits per heavy atom. The van der Waals surface area contributed by atoms with Crippen molar-refractivity contribution in [2.24, 2.45) is 10.1 Å². The van der Waals surface area contributed by atoms with Gasteiger partial charge in [-0.15, -0.1) is 0 Å². The molecule has 7 heteroatoms. The van der Waals surface area contributed by atoms with Gasteiger partial charge in [0.25, 0.3) is 0 Å². The smallest absolute Gasteiger partial charge is 0.181 e. The molecule has 22 heavy (non-hydrogen) atoms. The maximum absolute atomic E-state index is 13.4. The van der Waals surface area contributed by atoms with E-state index in [0.29, 0.717) is 23.1 Å². The molecule has 2 aromatic heterocycles. The van der Waals surface area contributed by atoms with Gasteiger partial charge in [0.2, 0.25) is 0 Å². The van der Waals surface area contributed by atoms with Crippen molar-refractivity contribution in [2.45, 2.75) is 19.8 Å². The van der Waals surface area contributed by atoms with Crippen LogP contribution in [0.25, 0.3) is 11.0 Å². The highest BCUT2D eigenvalue weighted by Crippen LogP contribution is 2.18. The van der Waals surface area contributed by atoms with Gasteiger partial charge in [0.15, 0.2) is 5.84 Å². The number of amidine groups is 1. The summed E-state index contributed by atoms with van der Waals surface area (Å²) in [5.74, 6) is -0.926. The highest BCUT2D eigenvalue weighted by atomic mass is 19.1. The van der Waals surface area contributed by atoms with Crippen LogP contribution in [0.3, 0.4) is 0 Å². The van der Waals surface area contributed by atoms with Crippen LogP contribution in [0, 0.1) is 5.82 Å². The van der Waals surface area contributed by atoms with Gasteiger partial charge in [0.1, 0.15) is 17.3 Å². The number of nitrogens with zero attached hydrogens (tertiary/aromatic N) is 3. The van der Waals surface area contributed by atoms with Crippen LogP contribution in [-0.4, -0.2) is 28.6 Å². The number of aromatic amines is 1. The van der Waals surface area contributed by atoms with E-state index in [2.05, 4.69) is 39.0 Å². The van der Waals surface area contributed by atoms with Crippen molar-refractivity contribution < 1.29 is 8.78 Å². The molecule has 0 atom stereocenters. The van der Waals surface area contributed by atoms with E-state index in [4.69, 9.17) is 0 Å². The molecular formula is C15H17F2N5. The summed E-state index contributed by atoms with van der Waals surface area (Å²) in [5, 5.41) is 4.67. The molecule has 0 aromatic carbocycles. The van der Waals surface area contributed by atoms with Gasteiger partial charge in [-0.25, -0.2) is 18.8 Å². The summed E-state index contributed by atoms with van der Waals surface area (Å²) in [7, 11) is 0. The number of aromatic nitrogens is 2. The molecule has 0 amide bonds. The summed E-state index contributed by atoms with van der Waals surface area (Å²) in [6, 6.07) is 1.33. The Kier molecular flexibility index (Phi) is 5.35. The first kappa shape index (κ1) is 15.8. The van der Waals surface area contributed by atoms with Crippen molar-refractivity contribution in [3.63, 3.8) is 0 Å². The number of hydrazone groups is 1. The number of pyridine rings is 1. The molecule has 0 aliphatic rings. The van der Waals surface area contributed by atoms with E-state index in [1.165, 1.54) is 6.07 Å². The minimum atomic E-state index is -0.689. The molecule has 5 nitrogen and oxygen atoms in total. The third kappa shape index (κ3) is 3.97. The number of unbranched alkanes of at least 4 members (excludes halogenated alkanes) is 1. The van der Waals surface area contributed by atoms with Crippen LogP contribution in [-0.2, 0) is 0 Å². The first-order valence-electron chi connectivity index (χ1n) is 6.94. The molecule has 0 unspecified atom stereocenters. The van der Waals surface area contributed by atoms with Crippen molar-refractivity contribution in [3.05, 3.63) is 42.2 Å². The fraction of sp³-hybridized carbons (Fsp3) is 0.267. The van der Waals surface area contributed by atoms with E-state index < -0.39 is 11.6 Å². The minimum absolute atomic E-state index is 0.230.